The zero-order valence-corrected chi connectivity index (χ0v) is 11.7. The molecule has 0 aliphatic heterocycles. The number of hydrogen-bond donors (Lipinski definition) is 2. The number of hydrogen-bond acceptors (Lipinski definition) is 3. The monoisotopic (exact) mass is 265 g/mol. The number of rotatable bonds is 9. The van der Waals surface area contributed by atoms with Gasteiger partial charge in [0.15, 0.2) is 0 Å². The molecular formula is C15H23NO3. The number of ether oxygens (including phenoxy) is 1. The first-order valence-electron chi connectivity index (χ1n) is 6.79. The van der Waals surface area contributed by atoms with Crippen LogP contribution in [0.5, 0.6) is 5.75 Å². The average molecular weight is 265 g/mol. The third kappa shape index (κ3) is 6.25. The van der Waals surface area contributed by atoms with Crippen molar-refractivity contribution in [2.24, 2.45) is 0 Å². The van der Waals surface area contributed by atoms with Gasteiger partial charge in [0, 0.05) is 6.54 Å². The summed E-state index contributed by atoms with van der Waals surface area (Å²) >= 11 is 0. The Morgan fingerprint density at radius 3 is 2.89 bits per heavy atom. The number of carbonyl (C=O) groups is 1. The molecule has 0 fully saturated rings. The highest BCUT2D eigenvalue weighted by Gasteiger charge is 2.15. The van der Waals surface area contributed by atoms with Crippen LogP contribution >= 0.6 is 0 Å². The zero-order valence-electron chi connectivity index (χ0n) is 11.7. The lowest BCUT2D eigenvalue weighted by atomic mass is 10.1. The average Bonchev–Trinajstić information content (AvgIpc) is 2.37. The molecule has 0 aliphatic rings. The van der Waals surface area contributed by atoms with E-state index >= 15 is 0 Å². The van der Waals surface area contributed by atoms with Crippen LogP contribution < -0.4 is 10.1 Å². The van der Waals surface area contributed by atoms with Crippen LogP contribution in [0.4, 0.5) is 0 Å². The normalized spacial score (nSPS) is 12.1. The van der Waals surface area contributed by atoms with Crippen LogP contribution in [0.15, 0.2) is 24.3 Å². The molecule has 0 aromatic heterocycles. The van der Waals surface area contributed by atoms with E-state index in [1.165, 1.54) is 0 Å². The number of aryl methyl sites for hydroxylation is 1. The fraction of sp³-hybridized carbons (Fsp3) is 0.533. The fourth-order valence-electron chi connectivity index (χ4n) is 1.83. The number of carboxylic acid groups (broad SMARTS) is 1. The molecule has 4 nitrogen and oxygen atoms in total. The minimum Gasteiger partial charge on any atom is -0.492 e. The van der Waals surface area contributed by atoms with Gasteiger partial charge in [0.25, 0.3) is 0 Å². The number of unbranched alkanes of at least 4 members (excludes halogenated alkanes) is 1. The van der Waals surface area contributed by atoms with Crippen LogP contribution in [0.1, 0.15) is 31.7 Å². The maximum atomic E-state index is 11.0. The summed E-state index contributed by atoms with van der Waals surface area (Å²) in [6.45, 7) is 5.07. The first-order chi connectivity index (χ1) is 9.13. The summed E-state index contributed by atoms with van der Waals surface area (Å²) < 4.78 is 5.57. The van der Waals surface area contributed by atoms with Gasteiger partial charge in [-0.25, -0.2) is 0 Å². The van der Waals surface area contributed by atoms with Crippen LogP contribution in [0, 0.1) is 6.92 Å². The molecule has 0 aliphatic carbocycles. The van der Waals surface area contributed by atoms with E-state index < -0.39 is 12.0 Å². The first-order valence-corrected chi connectivity index (χ1v) is 6.79. The van der Waals surface area contributed by atoms with Gasteiger partial charge in [0.1, 0.15) is 18.4 Å². The Bertz CT molecular complexity index is 393. The summed E-state index contributed by atoms with van der Waals surface area (Å²) in [7, 11) is 0. The molecule has 0 radical (unpaired) electrons. The molecule has 0 saturated carbocycles. The summed E-state index contributed by atoms with van der Waals surface area (Å²) in [4.78, 5) is 11.0. The van der Waals surface area contributed by atoms with Gasteiger partial charge >= 0.3 is 5.97 Å². The smallest absolute Gasteiger partial charge is 0.320 e. The van der Waals surface area contributed by atoms with Crippen molar-refractivity contribution in [2.45, 2.75) is 39.2 Å². The van der Waals surface area contributed by atoms with E-state index in [4.69, 9.17) is 9.84 Å². The number of aliphatic carboxylic acids is 1. The quantitative estimate of drug-likeness (QED) is 0.674. The highest BCUT2D eigenvalue weighted by Crippen LogP contribution is 2.11. The van der Waals surface area contributed by atoms with Crippen LogP contribution in [0.25, 0.3) is 0 Å². The second-order valence-corrected chi connectivity index (χ2v) is 4.65. The molecule has 0 amide bonds. The van der Waals surface area contributed by atoms with Crippen LogP contribution in [0.3, 0.4) is 0 Å². The molecule has 1 aromatic rings. The van der Waals surface area contributed by atoms with Gasteiger partial charge in [-0.2, -0.15) is 0 Å². The Hall–Kier alpha value is -1.55. The van der Waals surface area contributed by atoms with Crippen molar-refractivity contribution in [3.8, 4) is 5.75 Å². The molecule has 1 atom stereocenters. The topological polar surface area (TPSA) is 58.6 Å². The van der Waals surface area contributed by atoms with Gasteiger partial charge < -0.3 is 15.2 Å². The Balaban J connectivity index is 2.26. The molecule has 2 N–H and O–H groups in total. The molecule has 1 unspecified atom stereocenters. The standard InChI is InChI=1S/C15H23NO3/c1-3-4-8-14(15(17)18)16-9-10-19-13-7-5-6-12(2)11-13/h5-7,11,14,16H,3-4,8-10H2,1-2H3,(H,17,18). The highest BCUT2D eigenvalue weighted by atomic mass is 16.5. The Kier molecular flexibility index (Phi) is 6.97. The van der Waals surface area contributed by atoms with Gasteiger partial charge in [-0.15, -0.1) is 0 Å². The van der Waals surface area contributed by atoms with Crippen molar-refractivity contribution in [1.29, 1.82) is 0 Å². The summed E-state index contributed by atoms with van der Waals surface area (Å²) in [6.07, 6.45) is 2.59. The predicted octanol–water partition coefficient (Wildman–Crippen LogP) is 2.61. The third-order valence-electron chi connectivity index (χ3n) is 2.90. The van der Waals surface area contributed by atoms with Gasteiger partial charge in [-0.1, -0.05) is 31.9 Å². The van der Waals surface area contributed by atoms with Gasteiger partial charge in [0.05, 0.1) is 0 Å². The Morgan fingerprint density at radius 1 is 1.47 bits per heavy atom. The number of nitrogens with one attached hydrogen (secondary N) is 1. The van der Waals surface area contributed by atoms with Crippen molar-refractivity contribution in [3.63, 3.8) is 0 Å². The second kappa shape index (κ2) is 8.53. The van der Waals surface area contributed by atoms with Crippen molar-refractivity contribution in [1.82, 2.24) is 5.32 Å². The van der Waals surface area contributed by atoms with Crippen molar-refractivity contribution < 1.29 is 14.6 Å². The molecule has 4 heteroatoms. The maximum Gasteiger partial charge on any atom is 0.320 e. The van der Waals surface area contributed by atoms with Crippen LogP contribution in [0.2, 0.25) is 0 Å². The molecule has 1 rings (SSSR count). The molecule has 19 heavy (non-hydrogen) atoms. The summed E-state index contributed by atoms with van der Waals surface area (Å²) in [5.74, 6) is 0.0336. The van der Waals surface area contributed by atoms with Crippen LogP contribution in [-0.4, -0.2) is 30.3 Å². The van der Waals surface area contributed by atoms with E-state index in [2.05, 4.69) is 12.2 Å². The molecular weight excluding hydrogens is 242 g/mol. The maximum absolute atomic E-state index is 11.0. The number of carboxylic acids is 1. The van der Waals surface area contributed by atoms with E-state index in [-0.39, 0.29) is 0 Å². The van der Waals surface area contributed by atoms with Gasteiger partial charge in [0.2, 0.25) is 0 Å². The predicted molar refractivity (Wildman–Crippen MR) is 75.6 cm³/mol. The summed E-state index contributed by atoms with van der Waals surface area (Å²) in [5, 5.41) is 12.1. The van der Waals surface area contributed by atoms with Crippen LogP contribution in [-0.2, 0) is 4.79 Å². The fourth-order valence-corrected chi connectivity index (χ4v) is 1.83. The minimum absolute atomic E-state index is 0.471. The van der Waals surface area contributed by atoms with Crippen molar-refractivity contribution in [2.75, 3.05) is 13.2 Å². The number of benzene rings is 1. The molecule has 106 valence electrons. The van der Waals surface area contributed by atoms with E-state index in [1.807, 2.05) is 31.2 Å². The zero-order chi connectivity index (χ0) is 14.1. The van der Waals surface area contributed by atoms with E-state index in [9.17, 15) is 4.79 Å². The lowest BCUT2D eigenvalue weighted by Gasteiger charge is -2.14. The van der Waals surface area contributed by atoms with E-state index in [0.29, 0.717) is 19.6 Å². The third-order valence-corrected chi connectivity index (χ3v) is 2.90. The Morgan fingerprint density at radius 2 is 2.26 bits per heavy atom. The highest BCUT2D eigenvalue weighted by molar-refractivity contribution is 5.73. The van der Waals surface area contributed by atoms with E-state index in [0.717, 1.165) is 24.2 Å². The molecule has 0 heterocycles. The minimum atomic E-state index is -0.788. The summed E-state index contributed by atoms with van der Waals surface area (Å²) in [5.41, 5.74) is 1.15. The van der Waals surface area contributed by atoms with E-state index in [1.54, 1.807) is 0 Å². The lowest BCUT2D eigenvalue weighted by Crippen LogP contribution is -2.38. The van der Waals surface area contributed by atoms with Crippen molar-refractivity contribution >= 4 is 5.97 Å². The molecule has 0 saturated heterocycles. The lowest BCUT2D eigenvalue weighted by molar-refractivity contribution is -0.139. The molecule has 0 spiro atoms. The largest absolute Gasteiger partial charge is 0.492 e. The first kappa shape index (κ1) is 15.5. The molecule has 1 aromatic carbocycles. The second-order valence-electron chi connectivity index (χ2n) is 4.65. The van der Waals surface area contributed by atoms with Gasteiger partial charge in [-0.05, 0) is 31.0 Å². The SMILES string of the molecule is CCCCC(NCCOc1cccc(C)c1)C(=O)O. The molecule has 0 bridgehead atoms. The Labute approximate surface area is 114 Å². The summed E-state index contributed by atoms with van der Waals surface area (Å²) in [6, 6.07) is 7.35. The van der Waals surface area contributed by atoms with Crippen molar-refractivity contribution in [3.05, 3.63) is 29.8 Å². The van der Waals surface area contributed by atoms with Gasteiger partial charge in [-0.3, -0.25) is 4.79 Å².